The van der Waals surface area contributed by atoms with E-state index in [1.54, 1.807) is 0 Å². The lowest BCUT2D eigenvalue weighted by atomic mass is 10.1. The Balaban J connectivity index is 1.71. The van der Waals surface area contributed by atoms with Crippen LogP contribution in [0.3, 0.4) is 0 Å². The lowest BCUT2D eigenvalue weighted by molar-refractivity contribution is 0.155. The van der Waals surface area contributed by atoms with Crippen LogP contribution in [0.15, 0.2) is 65.9 Å². The molecule has 106 valence electrons. The zero-order valence-electron chi connectivity index (χ0n) is 11.5. The van der Waals surface area contributed by atoms with Crippen molar-refractivity contribution in [1.82, 2.24) is 4.98 Å². The molecule has 0 aliphatic carbocycles. The third-order valence-corrected chi connectivity index (χ3v) is 3.37. The first kappa shape index (κ1) is 13.4. The van der Waals surface area contributed by atoms with Gasteiger partial charge in [-0.2, -0.15) is 0 Å². The van der Waals surface area contributed by atoms with Crippen LogP contribution in [0.25, 0.3) is 10.9 Å². The summed E-state index contributed by atoms with van der Waals surface area (Å²) >= 11 is 0. The van der Waals surface area contributed by atoms with Crippen LogP contribution in [0, 0.1) is 0 Å². The number of para-hydroxylation sites is 1. The summed E-state index contributed by atoms with van der Waals surface area (Å²) in [7, 11) is 0. The molecule has 0 radical (unpaired) electrons. The SMILES string of the molecule is ON=C(COCc1ccccc1)c1c[nH]c2ccccc12. The zero-order chi connectivity index (χ0) is 14.5. The number of oxime groups is 1. The van der Waals surface area contributed by atoms with Crippen molar-refractivity contribution in [3.8, 4) is 0 Å². The van der Waals surface area contributed by atoms with Gasteiger partial charge in [0.15, 0.2) is 0 Å². The van der Waals surface area contributed by atoms with Crippen molar-refractivity contribution in [2.45, 2.75) is 6.61 Å². The van der Waals surface area contributed by atoms with Gasteiger partial charge in [0.25, 0.3) is 0 Å². The Kier molecular flexibility index (Phi) is 3.98. The molecule has 4 heteroatoms. The first-order valence-electron chi connectivity index (χ1n) is 6.77. The summed E-state index contributed by atoms with van der Waals surface area (Å²) in [4.78, 5) is 3.16. The average Bonchev–Trinajstić information content (AvgIpc) is 2.97. The number of rotatable bonds is 5. The lowest BCUT2D eigenvalue weighted by Gasteiger charge is -2.06. The molecule has 4 nitrogen and oxygen atoms in total. The van der Waals surface area contributed by atoms with Crippen LogP contribution in [0.4, 0.5) is 0 Å². The molecule has 21 heavy (non-hydrogen) atoms. The maximum Gasteiger partial charge on any atom is 0.115 e. The Morgan fingerprint density at radius 3 is 2.62 bits per heavy atom. The molecule has 0 saturated heterocycles. The Morgan fingerprint density at radius 1 is 1.05 bits per heavy atom. The molecule has 3 aromatic rings. The maximum atomic E-state index is 9.25. The van der Waals surface area contributed by atoms with Gasteiger partial charge in [-0.25, -0.2) is 0 Å². The third-order valence-electron chi connectivity index (χ3n) is 3.37. The second-order valence-electron chi connectivity index (χ2n) is 4.77. The fraction of sp³-hybridized carbons (Fsp3) is 0.118. The van der Waals surface area contributed by atoms with Crippen molar-refractivity contribution in [2.24, 2.45) is 5.16 Å². The van der Waals surface area contributed by atoms with Crippen LogP contribution >= 0.6 is 0 Å². The minimum Gasteiger partial charge on any atom is -0.411 e. The third kappa shape index (κ3) is 2.95. The quantitative estimate of drug-likeness (QED) is 0.426. The van der Waals surface area contributed by atoms with Crippen molar-refractivity contribution in [1.29, 1.82) is 0 Å². The number of H-pyrrole nitrogens is 1. The summed E-state index contributed by atoms with van der Waals surface area (Å²) in [6, 6.07) is 17.8. The molecule has 0 spiro atoms. The molecule has 0 aliphatic rings. The summed E-state index contributed by atoms with van der Waals surface area (Å²) < 4.78 is 5.64. The van der Waals surface area contributed by atoms with Crippen LogP contribution in [-0.2, 0) is 11.3 Å². The van der Waals surface area contributed by atoms with E-state index >= 15 is 0 Å². The standard InChI is InChI=1S/C17H16N2O2/c20-19-17(12-21-11-13-6-2-1-3-7-13)15-10-18-16-9-5-4-8-14(15)16/h1-10,18,20H,11-12H2. The fourth-order valence-corrected chi connectivity index (χ4v) is 2.31. The van der Waals surface area contributed by atoms with Crippen molar-refractivity contribution < 1.29 is 9.94 Å². The number of hydrogen-bond donors (Lipinski definition) is 2. The number of fused-ring (bicyclic) bond motifs is 1. The number of aromatic amines is 1. The number of hydrogen-bond acceptors (Lipinski definition) is 3. The Hall–Kier alpha value is -2.59. The van der Waals surface area contributed by atoms with Crippen LogP contribution < -0.4 is 0 Å². The largest absolute Gasteiger partial charge is 0.411 e. The highest BCUT2D eigenvalue weighted by Gasteiger charge is 2.10. The molecule has 0 amide bonds. The minimum atomic E-state index is 0.257. The van der Waals surface area contributed by atoms with E-state index in [4.69, 9.17) is 4.74 Å². The normalized spacial score (nSPS) is 11.9. The number of nitrogens with one attached hydrogen (secondary N) is 1. The number of benzene rings is 2. The molecule has 2 aromatic carbocycles. The molecular formula is C17H16N2O2. The lowest BCUT2D eigenvalue weighted by Crippen LogP contribution is -2.10. The van der Waals surface area contributed by atoms with Gasteiger partial charge in [0.1, 0.15) is 5.71 Å². The molecule has 0 bridgehead atoms. The van der Waals surface area contributed by atoms with Crippen LogP contribution in [0.5, 0.6) is 0 Å². The number of ether oxygens (including phenoxy) is 1. The van der Waals surface area contributed by atoms with E-state index in [0.717, 1.165) is 22.0 Å². The molecular weight excluding hydrogens is 264 g/mol. The topological polar surface area (TPSA) is 57.6 Å². The van der Waals surface area contributed by atoms with Gasteiger partial charge in [0.2, 0.25) is 0 Å². The van der Waals surface area contributed by atoms with Crippen molar-refractivity contribution >= 4 is 16.6 Å². The highest BCUT2D eigenvalue weighted by atomic mass is 16.5. The second kappa shape index (κ2) is 6.24. The smallest absolute Gasteiger partial charge is 0.115 e. The van der Waals surface area contributed by atoms with Crippen LogP contribution in [0.1, 0.15) is 11.1 Å². The molecule has 0 fully saturated rings. The minimum absolute atomic E-state index is 0.257. The van der Waals surface area contributed by atoms with E-state index in [9.17, 15) is 5.21 Å². The highest BCUT2D eigenvalue weighted by Crippen LogP contribution is 2.18. The van der Waals surface area contributed by atoms with Gasteiger partial charge >= 0.3 is 0 Å². The summed E-state index contributed by atoms with van der Waals surface area (Å²) in [6.45, 7) is 0.745. The van der Waals surface area contributed by atoms with E-state index < -0.39 is 0 Å². The molecule has 3 rings (SSSR count). The summed E-state index contributed by atoms with van der Waals surface area (Å²) in [5, 5.41) is 13.7. The molecule has 1 heterocycles. The highest BCUT2D eigenvalue weighted by molar-refractivity contribution is 6.11. The molecule has 0 unspecified atom stereocenters. The van der Waals surface area contributed by atoms with E-state index in [-0.39, 0.29) is 6.61 Å². The van der Waals surface area contributed by atoms with Gasteiger partial charge in [-0.3, -0.25) is 0 Å². The first-order valence-corrected chi connectivity index (χ1v) is 6.77. The Labute approximate surface area is 122 Å². The van der Waals surface area contributed by atoms with E-state index in [1.165, 1.54) is 0 Å². The monoisotopic (exact) mass is 280 g/mol. The van der Waals surface area contributed by atoms with E-state index in [1.807, 2.05) is 60.8 Å². The van der Waals surface area contributed by atoms with E-state index in [0.29, 0.717) is 12.3 Å². The van der Waals surface area contributed by atoms with Gasteiger partial charge in [-0.1, -0.05) is 53.7 Å². The Bertz CT molecular complexity index is 748. The zero-order valence-corrected chi connectivity index (χ0v) is 11.5. The van der Waals surface area contributed by atoms with Crippen molar-refractivity contribution in [3.63, 3.8) is 0 Å². The van der Waals surface area contributed by atoms with Crippen molar-refractivity contribution in [3.05, 3.63) is 71.9 Å². The van der Waals surface area contributed by atoms with Gasteiger partial charge in [0.05, 0.1) is 13.2 Å². The van der Waals surface area contributed by atoms with Crippen LogP contribution in [0.2, 0.25) is 0 Å². The number of nitrogens with zero attached hydrogens (tertiary/aromatic N) is 1. The fourth-order valence-electron chi connectivity index (χ4n) is 2.31. The Morgan fingerprint density at radius 2 is 1.81 bits per heavy atom. The van der Waals surface area contributed by atoms with E-state index in [2.05, 4.69) is 10.1 Å². The van der Waals surface area contributed by atoms with Gasteiger partial charge in [-0.15, -0.1) is 0 Å². The average molecular weight is 280 g/mol. The maximum absolute atomic E-state index is 9.25. The second-order valence-corrected chi connectivity index (χ2v) is 4.77. The molecule has 0 atom stereocenters. The van der Waals surface area contributed by atoms with Gasteiger partial charge in [0, 0.05) is 22.7 Å². The molecule has 0 aliphatic heterocycles. The predicted octanol–water partition coefficient (Wildman–Crippen LogP) is 3.56. The summed E-state index contributed by atoms with van der Waals surface area (Å²) in [5.41, 5.74) is 3.48. The number of aromatic nitrogens is 1. The summed E-state index contributed by atoms with van der Waals surface area (Å²) in [5.74, 6) is 0. The molecule has 2 N–H and O–H groups in total. The van der Waals surface area contributed by atoms with Gasteiger partial charge < -0.3 is 14.9 Å². The summed E-state index contributed by atoms with van der Waals surface area (Å²) in [6.07, 6.45) is 1.84. The molecule has 0 saturated carbocycles. The predicted molar refractivity (Wildman–Crippen MR) is 82.7 cm³/mol. The molecule has 1 aromatic heterocycles. The van der Waals surface area contributed by atoms with Gasteiger partial charge in [-0.05, 0) is 11.6 Å². The van der Waals surface area contributed by atoms with Crippen LogP contribution in [-0.4, -0.2) is 22.5 Å². The van der Waals surface area contributed by atoms with Crippen molar-refractivity contribution in [2.75, 3.05) is 6.61 Å². The first-order chi connectivity index (χ1) is 10.4.